The van der Waals surface area contributed by atoms with Crippen LogP contribution in [-0.2, 0) is 28.9 Å². The average Bonchev–Trinajstić information content (AvgIpc) is 3.57. The Labute approximate surface area is 318 Å². The number of halogens is 2. The van der Waals surface area contributed by atoms with Gasteiger partial charge in [0.05, 0.1) is 34.0 Å². The maximum atomic E-state index is 15.7. The lowest BCUT2D eigenvalue weighted by Crippen LogP contribution is -2.51. The van der Waals surface area contributed by atoms with Crippen LogP contribution in [-0.4, -0.2) is 93.5 Å². The minimum Gasteiger partial charge on any atom is -0.444 e. The van der Waals surface area contributed by atoms with E-state index >= 15 is 4.39 Å². The van der Waals surface area contributed by atoms with E-state index in [9.17, 15) is 9.59 Å². The van der Waals surface area contributed by atoms with Gasteiger partial charge in [0.15, 0.2) is 6.23 Å². The molecule has 4 aromatic rings. The van der Waals surface area contributed by atoms with Crippen LogP contribution in [0.25, 0.3) is 10.9 Å². The minimum atomic E-state index is -0.726. The first kappa shape index (κ1) is 36.6. The predicted octanol–water partition coefficient (Wildman–Crippen LogP) is 6.57. The van der Waals surface area contributed by atoms with Crippen LogP contribution in [0.5, 0.6) is 11.8 Å². The Morgan fingerprint density at radius 2 is 1.93 bits per heavy atom. The number of ether oxygens (including phenoxy) is 3. The molecule has 4 aliphatic heterocycles. The van der Waals surface area contributed by atoms with Crippen molar-refractivity contribution in [2.24, 2.45) is 0 Å². The molecule has 286 valence electrons. The summed E-state index contributed by atoms with van der Waals surface area (Å²) in [6, 6.07) is 6.77. The van der Waals surface area contributed by atoms with Gasteiger partial charge in [-0.15, -0.1) is 0 Å². The second-order valence-corrected chi connectivity index (χ2v) is 15.9. The molecule has 2 amide bonds. The van der Waals surface area contributed by atoms with E-state index in [0.717, 1.165) is 49.9 Å². The van der Waals surface area contributed by atoms with E-state index in [-0.39, 0.29) is 22.8 Å². The fraction of sp³-hybridized carbons (Fsp3) is 0.513. The van der Waals surface area contributed by atoms with E-state index in [2.05, 4.69) is 28.4 Å². The Morgan fingerprint density at radius 3 is 2.72 bits per heavy atom. The van der Waals surface area contributed by atoms with Gasteiger partial charge < -0.3 is 24.4 Å². The third-order valence-corrected chi connectivity index (χ3v) is 10.9. The van der Waals surface area contributed by atoms with Crippen molar-refractivity contribution < 1.29 is 28.2 Å². The zero-order valence-corrected chi connectivity index (χ0v) is 31.9. The van der Waals surface area contributed by atoms with Crippen LogP contribution in [0.2, 0.25) is 5.02 Å². The van der Waals surface area contributed by atoms with Crippen molar-refractivity contribution in [1.29, 1.82) is 0 Å². The maximum absolute atomic E-state index is 15.7. The summed E-state index contributed by atoms with van der Waals surface area (Å²) in [6.07, 6.45) is 5.26. The van der Waals surface area contributed by atoms with E-state index < -0.39 is 29.5 Å². The number of nitrogens with one attached hydrogen (secondary N) is 1. The second kappa shape index (κ2) is 14.7. The summed E-state index contributed by atoms with van der Waals surface area (Å²) in [4.78, 5) is 43.9. The number of hydrogen-bond acceptors (Lipinski definition) is 10. The first-order valence-electron chi connectivity index (χ1n) is 18.8. The number of carbonyl (C=O) groups excluding carboxylic acids is 2. The van der Waals surface area contributed by atoms with Crippen LogP contribution in [0, 0.1) is 5.82 Å². The van der Waals surface area contributed by atoms with Crippen molar-refractivity contribution in [2.45, 2.75) is 83.7 Å². The Bertz CT molecular complexity index is 2100. The van der Waals surface area contributed by atoms with Crippen LogP contribution in [0.1, 0.15) is 91.5 Å². The number of fused-ring (bicyclic) bond motifs is 3. The number of piperazine rings is 1. The van der Waals surface area contributed by atoms with Gasteiger partial charge in [-0.05, 0) is 78.0 Å². The first-order valence-corrected chi connectivity index (χ1v) is 19.2. The van der Waals surface area contributed by atoms with E-state index in [4.69, 9.17) is 35.8 Å². The van der Waals surface area contributed by atoms with Crippen LogP contribution in [0.3, 0.4) is 0 Å². The quantitative estimate of drug-likeness (QED) is 0.239. The van der Waals surface area contributed by atoms with Crippen molar-refractivity contribution in [3.05, 3.63) is 69.2 Å². The van der Waals surface area contributed by atoms with Crippen LogP contribution in [0.4, 0.5) is 15.0 Å². The number of carbonyl (C=O) groups is 2. The van der Waals surface area contributed by atoms with Gasteiger partial charge >= 0.3 is 12.1 Å². The van der Waals surface area contributed by atoms with E-state index in [0.29, 0.717) is 79.4 Å². The number of nitrogens with zero attached hydrogens (tertiary/aromatic N) is 7. The molecule has 54 heavy (non-hydrogen) atoms. The third-order valence-electron chi connectivity index (χ3n) is 10.5. The maximum Gasteiger partial charge on any atom is 0.410 e. The second-order valence-electron chi connectivity index (χ2n) is 15.5. The summed E-state index contributed by atoms with van der Waals surface area (Å²) in [5.41, 5.74) is 3.23. The molecule has 2 saturated heterocycles. The van der Waals surface area contributed by atoms with Crippen LogP contribution >= 0.6 is 11.6 Å². The molecule has 2 fully saturated rings. The largest absolute Gasteiger partial charge is 0.444 e. The number of aromatic nitrogens is 4. The van der Waals surface area contributed by atoms with Crippen molar-refractivity contribution in [3.63, 3.8) is 0 Å². The van der Waals surface area contributed by atoms with E-state index in [1.165, 1.54) is 11.0 Å². The zero-order chi connectivity index (χ0) is 37.7. The molecule has 15 heteroatoms. The number of rotatable bonds is 5. The third kappa shape index (κ3) is 7.00. The standard InChI is InChI=1S/C39H46ClFN8O5/c1-39(2,3)54-38(51)47-17-14-42-21-29(47)34-25-10-8-15-48(35(25)45-37(44-34)53-30-11-7-9-23-22-46(4)16-13-24(23)30)36(50)32-26-20-43-49(31-12-5-6-18-52-31)28(26)19-27(41)33(32)40/h7,9,11,19-20,29,31,42H,5-6,8,10,12-18,21-22H2,1-4H3. The van der Waals surface area contributed by atoms with Gasteiger partial charge in [-0.3, -0.25) is 14.6 Å². The summed E-state index contributed by atoms with van der Waals surface area (Å²) < 4.78 is 35.7. The fourth-order valence-corrected chi connectivity index (χ4v) is 8.22. The summed E-state index contributed by atoms with van der Waals surface area (Å²) in [7, 11) is 2.09. The zero-order valence-electron chi connectivity index (χ0n) is 31.2. The molecule has 0 bridgehead atoms. The van der Waals surface area contributed by atoms with Crippen molar-refractivity contribution >= 4 is 40.3 Å². The Hall–Kier alpha value is -4.37. The highest BCUT2D eigenvalue weighted by Gasteiger charge is 2.39. The molecule has 2 unspecified atom stereocenters. The highest BCUT2D eigenvalue weighted by atomic mass is 35.5. The number of amides is 2. The highest BCUT2D eigenvalue weighted by Crippen LogP contribution is 2.40. The number of likely N-dealkylation sites (N-methyl/N-ethyl adjacent to an activating group) is 1. The van der Waals surface area contributed by atoms with E-state index in [1.807, 2.05) is 32.9 Å². The number of anilines is 1. The summed E-state index contributed by atoms with van der Waals surface area (Å²) in [5.74, 6) is -0.272. The Morgan fingerprint density at radius 1 is 1.07 bits per heavy atom. The molecule has 2 atom stereocenters. The molecule has 0 radical (unpaired) electrons. The number of hydrogen-bond donors (Lipinski definition) is 1. The Kier molecular flexibility index (Phi) is 9.96. The normalized spacial score (nSPS) is 20.8. The predicted molar refractivity (Wildman–Crippen MR) is 201 cm³/mol. The summed E-state index contributed by atoms with van der Waals surface area (Å²) in [5, 5.41) is 8.10. The molecule has 0 saturated carbocycles. The van der Waals surface area contributed by atoms with Gasteiger partial charge in [0.1, 0.15) is 23.0 Å². The molecular formula is C39H46ClFN8O5. The monoisotopic (exact) mass is 760 g/mol. The molecule has 13 nitrogen and oxygen atoms in total. The minimum absolute atomic E-state index is 0.000158. The molecular weight excluding hydrogens is 715 g/mol. The van der Waals surface area contributed by atoms with Gasteiger partial charge in [0, 0.05) is 68.5 Å². The highest BCUT2D eigenvalue weighted by molar-refractivity contribution is 6.36. The van der Waals surface area contributed by atoms with Crippen LogP contribution in [0.15, 0.2) is 30.5 Å². The van der Waals surface area contributed by atoms with Gasteiger partial charge in [-0.25, -0.2) is 13.9 Å². The molecule has 8 rings (SSSR count). The molecule has 1 N–H and O–H groups in total. The van der Waals surface area contributed by atoms with E-state index in [1.54, 1.807) is 15.8 Å². The van der Waals surface area contributed by atoms with Crippen molar-refractivity contribution in [1.82, 2.24) is 34.9 Å². The lowest BCUT2D eigenvalue weighted by atomic mass is 9.97. The molecule has 2 aromatic heterocycles. The van der Waals surface area contributed by atoms with Gasteiger partial charge in [0.25, 0.3) is 5.91 Å². The first-order chi connectivity index (χ1) is 26.0. The molecule has 6 heterocycles. The fourth-order valence-electron chi connectivity index (χ4n) is 7.99. The molecule has 2 aromatic carbocycles. The topological polar surface area (TPSA) is 127 Å². The lowest BCUT2D eigenvalue weighted by molar-refractivity contribution is -0.0367. The molecule has 0 spiro atoms. The van der Waals surface area contributed by atoms with Crippen molar-refractivity contribution in [3.8, 4) is 11.8 Å². The van der Waals surface area contributed by atoms with Gasteiger partial charge in [-0.2, -0.15) is 15.1 Å². The Balaban J connectivity index is 1.24. The SMILES string of the molecule is CN1CCc2c(cccc2Oc2nc(C3CNCCN3C(=O)OC(C)(C)C)c3c(n2)N(C(=O)c2c(Cl)c(F)cc4c2cnn4C2CCCCO2)CCC3)C1. The summed E-state index contributed by atoms with van der Waals surface area (Å²) in [6.45, 7) is 9.41. The lowest BCUT2D eigenvalue weighted by Gasteiger charge is -2.39. The van der Waals surface area contributed by atoms with Gasteiger partial charge in [-0.1, -0.05) is 23.7 Å². The van der Waals surface area contributed by atoms with Crippen LogP contribution < -0.4 is 15.0 Å². The van der Waals surface area contributed by atoms with Gasteiger partial charge in [0.2, 0.25) is 0 Å². The number of benzene rings is 2. The smallest absolute Gasteiger partial charge is 0.410 e. The molecule has 4 aliphatic rings. The average molecular weight is 761 g/mol. The van der Waals surface area contributed by atoms with Crippen molar-refractivity contribution in [2.75, 3.05) is 51.3 Å². The summed E-state index contributed by atoms with van der Waals surface area (Å²) >= 11 is 6.67. The molecule has 0 aliphatic carbocycles.